The Labute approximate surface area is 133 Å². The summed E-state index contributed by atoms with van der Waals surface area (Å²) >= 11 is 0. The van der Waals surface area contributed by atoms with E-state index in [0.717, 1.165) is 4.90 Å². The van der Waals surface area contributed by atoms with Crippen molar-refractivity contribution in [1.82, 2.24) is 10.2 Å². The summed E-state index contributed by atoms with van der Waals surface area (Å²) < 4.78 is 0. The van der Waals surface area contributed by atoms with E-state index in [4.69, 9.17) is 0 Å². The molecule has 1 fully saturated rings. The lowest BCUT2D eigenvalue weighted by Crippen LogP contribution is -2.45. The van der Waals surface area contributed by atoms with Crippen molar-refractivity contribution in [2.75, 3.05) is 6.54 Å². The smallest absolute Gasteiger partial charge is 0.325 e. The fourth-order valence-electron chi connectivity index (χ4n) is 2.84. The molecule has 5 nitrogen and oxygen atoms in total. The predicted octanol–water partition coefficient (Wildman–Crippen LogP) is 2.55. The minimum Gasteiger partial charge on any atom is -0.511 e. The van der Waals surface area contributed by atoms with Crippen molar-refractivity contribution in [2.45, 2.75) is 5.54 Å². The molecule has 0 spiro atoms. The highest BCUT2D eigenvalue weighted by Gasteiger charge is 2.53. The van der Waals surface area contributed by atoms with Gasteiger partial charge in [0, 0.05) is 0 Å². The first-order chi connectivity index (χ1) is 11.1. The van der Waals surface area contributed by atoms with E-state index in [1.54, 1.807) is 24.3 Å². The first kappa shape index (κ1) is 14.8. The van der Waals surface area contributed by atoms with Crippen LogP contribution in [0.4, 0.5) is 4.79 Å². The van der Waals surface area contributed by atoms with Crippen LogP contribution < -0.4 is 5.32 Å². The Bertz CT molecular complexity index is 717. The van der Waals surface area contributed by atoms with Crippen LogP contribution in [0.3, 0.4) is 0 Å². The van der Waals surface area contributed by atoms with Gasteiger partial charge in [-0.15, -0.1) is 0 Å². The number of aliphatic hydroxyl groups is 1. The molecule has 1 saturated heterocycles. The van der Waals surface area contributed by atoms with Crippen molar-refractivity contribution in [3.05, 3.63) is 84.1 Å². The third-order valence-electron chi connectivity index (χ3n) is 3.86. The second-order valence-corrected chi connectivity index (χ2v) is 5.37. The number of nitrogens with zero attached hydrogens (tertiary/aromatic N) is 1. The zero-order chi connectivity index (χ0) is 16.4. The Morgan fingerprint density at radius 3 is 1.91 bits per heavy atom. The van der Waals surface area contributed by atoms with Gasteiger partial charge in [-0.25, -0.2) is 4.79 Å². The fraction of sp³-hybridized carbons (Fsp3) is 0.111. The lowest BCUT2D eigenvalue weighted by Gasteiger charge is -2.27. The van der Waals surface area contributed by atoms with Crippen LogP contribution in [0.5, 0.6) is 0 Å². The highest BCUT2D eigenvalue weighted by atomic mass is 16.3. The molecule has 3 amide bonds. The Morgan fingerprint density at radius 1 is 1.00 bits per heavy atom. The van der Waals surface area contributed by atoms with Crippen LogP contribution in [0.25, 0.3) is 0 Å². The molecule has 0 atom stereocenters. The Kier molecular flexibility index (Phi) is 3.62. The summed E-state index contributed by atoms with van der Waals surface area (Å²) in [7, 11) is 0. The number of benzene rings is 2. The van der Waals surface area contributed by atoms with Gasteiger partial charge < -0.3 is 10.4 Å². The second-order valence-electron chi connectivity index (χ2n) is 5.37. The van der Waals surface area contributed by atoms with Gasteiger partial charge in [0.2, 0.25) is 0 Å². The Hall–Kier alpha value is -3.08. The van der Waals surface area contributed by atoms with E-state index in [9.17, 15) is 14.7 Å². The second kappa shape index (κ2) is 5.61. The molecule has 0 unspecified atom stereocenters. The molecule has 0 radical (unpaired) electrons. The van der Waals surface area contributed by atoms with Gasteiger partial charge in [-0.3, -0.25) is 9.69 Å². The van der Waals surface area contributed by atoms with Crippen molar-refractivity contribution in [3.63, 3.8) is 0 Å². The van der Waals surface area contributed by atoms with E-state index in [1.165, 1.54) is 0 Å². The summed E-state index contributed by atoms with van der Waals surface area (Å²) in [6.07, 6.45) is 0. The number of hydrogen-bond donors (Lipinski definition) is 2. The average Bonchev–Trinajstić information content (AvgIpc) is 2.82. The molecule has 2 aromatic carbocycles. The van der Waals surface area contributed by atoms with Crippen LogP contribution in [0.2, 0.25) is 0 Å². The van der Waals surface area contributed by atoms with Gasteiger partial charge >= 0.3 is 6.03 Å². The first-order valence-corrected chi connectivity index (χ1v) is 7.17. The van der Waals surface area contributed by atoms with Crippen LogP contribution >= 0.6 is 0 Å². The number of urea groups is 1. The number of carbonyl (C=O) groups is 2. The van der Waals surface area contributed by atoms with Gasteiger partial charge in [-0.2, -0.15) is 0 Å². The maximum Gasteiger partial charge on any atom is 0.325 e. The van der Waals surface area contributed by atoms with Gasteiger partial charge in [0.1, 0.15) is 5.76 Å². The number of aliphatic hydroxyl groups excluding tert-OH is 1. The van der Waals surface area contributed by atoms with E-state index >= 15 is 0 Å². The zero-order valence-electron chi connectivity index (χ0n) is 12.4. The maximum absolute atomic E-state index is 13.1. The number of nitrogens with one attached hydrogen (secondary N) is 1. The number of rotatable bonds is 4. The lowest BCUT2D eigenvalue weighted by molar-refractivity contribution is -0.130. The molecule has 23 heavy (non-hydrogen) atoms. The minimum absolute atomic E-state index is 0.230. The minimum atomic E-state index is -1.30. The van der Waals surface area contributed by atoms with Gasteiger partial charge in [0.25, 0.3) is 5.91 Å². The van der Waals surface area contributed by atoms with Crippen LogP contribution in [0, 0.1) is 0 Å². The number of hydrogen-bond acceptors (Lipinski definition) is 3. The molecule has 5 heteroatoms. The van der Waals surface area contributed by atoms with E-state index in [1.807, 2.05) is 36.4 Å². The Balaban J connectivity index is 2.17. The third kappa shape index (κ3) is 2.36. The van der Waals surface area contributed by atoms with Crippen molar-refractivity contribution >= 4 is 11.9 Å². The van der Waals surface area contributed by atoms with E-state index in [-0.39, 0.29) is 12.3 Å². The first-order valence-electron chi connectivity index (χ1n) is 7.17. The predicted molar refractivity (Wildman–Crippen MR) is 85.7 cm³/mol. The highest BCUT2D eigenvalue weighted by Crippen LogP contribution is 2.35. The molecule has 3 rings (SSSR count). The molecule has 0 aromatic heterocycles. The molecule has 2 N–H and O–H groups in total. The maximum atomic E-state index is 13.1. The highest BCUT2D eigenvalue weighted by molar-refractivity contribution is 6.09. The molecule has 1 aliphatic heterocycles. The fourth-order valence-corrected chi connectivity index (χ4v) is 2.84. The molecule has 1 heterocycles. The summed E-state index contributed by atoms with van der Waals surface area (Å²) in [5.74, 6) is -0.680. The monoisotopic (exact) mass is 308 g/mol. The van der Waals surface area contributed by atoms with E-state index in [0.29, 0.717) is 11.1 Å². The van der Waals surface area contributed by atoms with Crippen molar-refractivity contribution in [3.8, 4) is 0 Å². The molecule has 0 bridgehead atoms. The molecule has 0 aliphatic carbocycles. The molecule has 1 aliphatic rings. The van der Waals surface area contributed by atoms with Gasteiger partial charge in [-0.1, -0.05) is 67.2 Å². The molecule has 0 saturated carbocycles. The summed E-state index contributed by atoms with van der Waals surface area (Å²) in [4.78, 5) is 26.4. The van der Waals surface area contributed by atoms with Crippen molar-refractivity contribution < 1.29 is 14.7 Å². The standard InChI is InChI=1S/C18H16N2O3/c1-13(21)12-20-16(22)18(19-17(20)23,14-8-4-2-5-9-14)15-10-6-3-7-11-15/h2-11,21H,1,12H2,(H,19,23). The summed E-state index contributed by atoms with van der Waals surface area (Å²) in [5, 5.41) is 12.2. The van der Waals surface area contributed by atoms with Gasteiger partial charge in [0.05, 0.1) is 6.54 Å². The van der Waals surface area contributed by atoms with E-state index < -0.39 is 17.5 Å². The summed E-state index contributed by atoms with van der Waals surface area (Å²) in [5.41, 5.74) is 0.0286. The molecular formula is C18H16N2O3. The van der Waals surface area contributed by atoms with Crippen molar-refractivity contribution in [2.24, 2.45) is 0 Å². The molecule has 2 aromatic rings. The van der Waals surface area contributed by atoms with Crippen LogP contribution in [-0.2, 0) is 10.3 Å². The summed E-state index contributed by atoms with van der Waals surface area (Å²) in [6, 6.07) is 17.6. The normalized spacial score (nSPS) is 16.3. The lowest BCUT2D eigenvalue weighted by atomic mass is 9.82. The van der Waals surface area contributed by atoms with Crippen LogP contribution in [0.1, 0.15) is 11.1 Å². The number of carbonyl (C=O) groups excluding carboxylic acids is 2. The van der Waals surface area contributed by atoms with Crippen LogP contribution in [-0.4, -0.2) is 28.5 Å². The number of amides is 3. The molecular weight excluding hydrogens is 292 g/mol. The average molecular weight is 308 g/mol. The van der Waals surface area contributed by atoms with Gasteiger partial charge in [-0.05, 0) is 11.1 Å². The SMILES string of the molecule is C=C(O)CN1C(=O)NC(c2ccccc2)(c2ccccc2)C1=O. The third-order valence-corrected chi connectivity index (χ3v) is 3.86. The topological polar surface area (TPSA) is 69.6 Å². The quantitative estimate of drug-likeness (QED) is 0.673. The van der Waals surface area contributed by atoms with Crippen LogP contribution in [0.15, 0.2) is 73.0 Å². The Morgan fingerprint density at radius 2 is 1.48 bits per heavy atom. The van der Waals surface area contributed by atoms with Crippen molar-refractivity contribution in [1.29, 1.82) is 0 Å². The summed E-state index contributed by atoms with van der Waals surface area (Å²) in [6.45, 7) is 3.13. The molecule has 116 valence electrons. The van der Waals surface area contributed by atoms with Gasteiger partial charge in [0.15, 0.2) is 5.54 Å². The largest absolute Gasteiger partial charge is 0.511 e. The zero-order valence-corrected chi connectivity index (χ0v) is 12.4. The van der Waals surface area contributed by atoms with E-state index in [2.05, 4.69) is 11.9 Å². The number of imide groups is 1.